The number of rotatable bonds is 1. The van der Waals surface area contributed by atoms with Gasteiger partial charge >= 0.3 is 0 Å². The number of aromatic nitrogens is 2. The smallest absolute Gasteiger partial charge is 0.141 e. The van der Waals surface area contributed by atoms with Gasteiger partial charge in [-0.05, 0) is 36.8 Å². The van der Waals surface area contributed by atoms with Crippen molar-refractivity contribution in [1.29, 1.82) is 0 Å². The van der Waals surface area contributed by atoms with Crippen molar-refractivity contribution in [3.05, 3.63) is 52.8 Å². The predicted octanol–water partition coefficient (Wildman–Crippen LogP) is 4.33. The van der Waals surface area contributed by atoms with Gasteiger partial charge in [-0.1, -0.05) is 23.7 Å². The van der Waals surface area contributed by atoms with E-state index >= 15 is 0 Å². The first-order valence-corrected chi connectivity index (χ1v) is 5.94. The maximum atomic E-state index is 13.9. The molecule has 0 saturated carbocycles. The van der Waals surface area contributed by atoms with Gasteiger partial charge in [-0.25, -0.2) is 9.37 Å². The molecule has 1 N–H and O–H groups in total. The number of nitrogens with zero attached hydrogens (tertiary/aromatic N) is 1. The minimum atomic E-state index is -0.287. The molecule has 90 valence electrons. The van der Waals surface area contributed by atoms with E-state index in [0.29, 0.717) is 21.9 Å². The molecule has 2 aromatic carbocycles. The monoisotopic (exact) mass is 260 g/mol. The van der Waals surface area contributed by atoms with Crippen LogP contribution in [0.25, 0.3) is 22.4 Å². The highest BCUT2D eigenvalue weighted by atomic mass is 35.5. The summed E-state index contributed by atoms with van der Waals surface area (Å²) < 4.78 is 13.9. The lowest BCUT2D eigenvalue weighted by atomic mass is 10.1. The number of halogens is 2. The lowest BCUT2D eigenvalue weighted by Crippen LogP contribution is -1.87. The van der Waals surface area contributed by atoms with Gasteiger partial charge in [0, 0.05) is 0 Å². The van der Waals surface area contributed by atoms with Crippen LogP contribution in [0.2, 0.25) is 5.02 Å². The van der Waals surface area contributed by atoms with Crippen molar-refractivity contribution in [3.8, 4) is 11.4 Å². The summed E-state index contributed by atoms with van der Waals surface area (Å²) in [5.41, 5.74) is 2.80. The summed E-state index contributed by atoms with van der Waals surface area (Å²) in [6.07, 6.45) is 0. The fourth-order valence-electron chi connectivity index (χ4n) is 1.94. The molecule has 3 rings (SSSR count). The van der Waals surface area contributed by atoms with E-state index in [1.807, 2.05) is 25.1 Å². The largest absolute Gasteiger partial charge is 0.338 e. The number of hydrogen-bond donors (Lipinski definition) is 1. The van der Waals surface area contributed by atoms with Crippen molar-refractivity contribution < 1.29 is 4.39 Å². The predicted molar refractivity (Wildman–Crippen MR) is 71.2 cm³/mol. The average Bonchev–Trinajstić information content (AvgIpc) is 2.74. The number of aromatic amines is 1. The van der Waals surface area contributed by atoms with E-state index in [9.17, 15) is 4.39 Å². The zero-order valence-corrected chi connectivity index (χ0v) is 10.4. The van der Waals surface area contributed by atoms with Gasteiger partial charge in [0.2, 0.25) is 0 Å². The Morgan fingerprint density at radius 3 is 2.78 bits per heavy atom. The minimum Gasteiger partial charge on any atom is -0.338 e. The van der Waals surface area contributed by atoms with E-state index in [2.05, 4.69) is 9.97 Å². The topological polar surface area (TPSA) is 28.7 Å². The molecular weight excluding hydrogens is 251 g/mol. The van der Waals surface area contributed by atoms with Gasteiger partial charge in [0.25, 0.3) is 0 Å². The van der Waals surface area contributed by atoms with Crippen molar-refractivity contribution >= 4 is 22.6 Å². The van der Waals surface area contributed by atoms with E-state index in [4.69, 9.17) is 11.6 Å². The molecule has 0 fully saturated rings. The first-order chi connectivity index (χ1) is 8.65. The van der Waals surface area contributed by atoms with Gasteiger partial charge < -0.3 is 4.98 Å². The van der Waals surface area contributed by atoms with Crippen LogP contribution in [0.4, 0.5) is 4.39 Å². The molecule has 0 aliphatic rings. The molecule has 0 amide bonds. The molecule has 0 spiro atoms. The zero-order chi connectivity index (χ0) is 12.7. The second kappa shape index (κ2) is 4.10. The fourth-order valence-corrected chi connectivity index (χ4v) is 2.15. The number of H-pyrrole nitrogens is 1. The van der Waals surface area contributed by atoms with Crippen LogP contribution in [-0.4, -0.2) is 9.97 Å². The third kappa shape index (κ3) is 1.77. The third-order valence-electron chi connectivity index (χ3n) is 2.84. The first-order valence-electron chi connectivity index (χ1n) is 5.56. The average molecular weight is 261 g/mol. The summed E-state index contributed by atoms with van der Waals surface area (Å²) in [4.78, 5) is 7.42. The summed E-state index contributed by atoms with van der Waals surface area (Å²) in [7, 11) is 0. The Kier molecular flexibility index (Phi) is 2.56. The zero-order valence-electron chi connectivity index (χ0n) is 9.67. The summed E-state index contributed by atoms with van der Waals surface area (Å²) in [5.74, 6) is 0.209. The molecule has 0 radical (unpaired) electrons. The standard InChI is InChI=1S/C14H10ClFN2/c1-8-5-6-9(11(16)7-8)14-17-12-4-2-3-10(15)13(12)18-14/h2-7H,1H3,(H,17,18). The normalized spacial score (nSPS) is 11.1. The second-order valence-electron chi connectivity index (χ2n) is 4.20. The molecule has 0 aliphatic heterocycles. The van der Waals surface area contributed by atoms with E-state index < -0.39 is 0 Å². The second-order valence-corrected chi connectivity index (χ2v) is 4.61. The molecule has 1 heterocycles. The number of imidazole rings is 1. The molecular formula is C14H10ClFN2. The third-order valence-corrected chi connectivity index (χ3v) is 3.15. The molecule has 0 aliphatic carbocycles. The SMILES string of the molecule is Cc1ccc(-c2nc3c(Cl)cccc3[nH]2)c(F)c1. The molecule has 4 heteroatoms. The van der Waals surface area contributed by atoms with Crippen LogP contribution >= 0.6 is 11.6 Å². The van der Waals surface area contributed by atoms with Crippen LogP contribution in [0.15, 0.2) is 36.4 Å². The lowest BCUT2D eigenvalue weighted by Gasteiger charge is -2.00. The number of hydrogen-bond acceptors (Lipinski definition) is 1. The fraction of sp³-hybridized carbons (Fsp3) is 0.0714. The first kappa shape index (κ1) is 11.2. The van der Waals surface area contributed by atoms with Gasteiger partial charge in [0.15, 0.2) is 0 Å². The lowest BCUT2D eigenvalue weighted by molar-refractivity contribution is 0.629. The van der Waals surface area contributed by atoms with Gasteiger partial charge in [0.1, 0.15) is 17.2 Å². The van der Waals surface area contributed by atoms with Gasteiger partial charge in [-0.2, -0.15) is 0 Å². The molecule has 0 atom stereocenters. The number of benzene rings is 2. The van der Waals surface area contributed by atoms with E-state index in [1.54, 1.807) is 12.1 Å². The number of para-hydroxylation sites is 1. The summed E-state index contributed by atoms with van der Waals surface area (Å²) >= 11 is 6.05. The summed E-state index contributed by atoms with van der Waals surface area (Å²) in [6, 6.07) is 10.5. The summed E-state index contributed by atoms with van der Waals surface area (Å²) in [5, 5.41) is 0.558. The van der Waals surface area contributed by atoms with Crippen LogP contribution in [0.1, 0.15) is 5.56 Å². The molecule has 0 bridgehead atoms. The van der Waals surface area contributed by atoms with Crippen molar-refractivity contribution in [2.24, 2.45) is 0 Å². The van der Waals surface area contributed by atoms with E-state index in [-0.39, 0.29) is 5.82 Å². The maximum Gasteiger partial charge on any atom is 0.141 e. The van der Waals surface area contributed by atoms with Gasteiger partial charge in [0.05, 0.1) is 16.1 Å². The van der Waals surface area contributed by atoms with Crippen molar-refractivity contribution in [3.63, 3.8) is 0 Å². The highest BCUT2D eigenvalue weighted by molar-refractivity contribution is 6.34. The Hall–Kier alpha value is -1.87. The Balaban J connectivity index is 2.23. The Morgan fingerprint density at radius 1 is 1.22 bits per heavy atom. The maximum absolute atomic E-state index is 13.9. The van der Waals surface area contributed by atoms with Gasteiger partial charge in [-0.3, -0.25) is 0 Å². The minimum absolute atomic E-state index is 0.287. The van der Waals surface area contributed by atoms with Crippen molar-refractivity contribution in [2.45, 2.75) is 6.92 Å². The number of nitrogens with one attached hydrogen (secondary N) is 1. The Labute approximate surface area is 108 Å². The Bertz CT molecular complexity index is 734. The van der Waals surface area contributed by atoms with Crippen LogP contribution < -0.4 is 0 Å². The highest BCUT2D eigenvalue weighted by Crippen LogP contribution is 2.27. The van der Waals surface area contributed by atoms with Crippen LogP contribution in [-0.2, 0) is 0 Å². The number of aryl methyl sites for hydroxylation is 1. The van der Waals surface area contributed by atoms with Crippen LogP contribution in [0.3, 0.4) is 0 Å². The molecule has 0 unspecified atom stereocenters. The van der Waals surface area contributed by atoms with Crippen molar-refractivity contribution in [2.75, 3.05) is 0 Å². The molecule has 18 heavy (non-hydrogen) atoms. The Morgan fingerprint density at radius 2 is 2.06 bits per heavy atom. The van der Waals surface area contributed by atoms with Crippen molar-refractivity contribution in [1.82, 2.24) is 9.97 Å². The molecule has 3 aromatic rings. The number of fused-ring (bicyclic) bond motifs is 1. The van der Waals surface area contributed by atoms with Crippen LogP contribution in [0, 0.1) is 12.7 Å². The van der Waals surface area contributed by atoms with Crippen LogP contribution in [0.5, 0.6) is 0 Å². The van der Waals surface area contributed by atoms with E-state index in [1.165, 1.54) is 6.07 Å². The van der Waals surface area contributed by atoms with Gasteiger partial charge in [-0.15, -0.1) is 0 Å². The van der Waals surface area contributed by atoms with E-state index in [0.717, 1.165) is 11.1 Å². The molecule has 1 aromatic heterocycles. The molecule has 0 saturated heterocycles. The summed E-state index contributed by atoms with van der Waals surface area (Å²) in [6.45, 7) is 1.85. The highest BCUT2D eigenvalue weighted by Gasteiger charge is 2.11. The molecule has 2 nitrogen and oxygen atoms in total. The quantitative estimate of drug-likeness (QED) is 0.693.